The average molecular weight is 497 g/mol. The number of nitrogens with zero attached hydrogens (tertiary/aromatic N) is 4. The molecule has 2 atom stereocenters. The van der Waals surface area contributed by atoms with E-state index in [-0.39, 0.29) is 11.9 Å². The number of aliphatic hydroxyl groups is 1. The van der Waals surface area contributed by atoms with Gasteiger partial charge in [-0.2, -0.15) is 0 Å². The Labute approximate surface area is 214 Å². The topological polar surface area (TPSA) is 91.7 Å². The van der Waals surface area contributed by atoms with Crippen molar-refractivity contribution in [2.24, 2.45) is 13.0 Å². The van der Waals surface area contributed by atoms with Crippen molar-refractivity contribution in [2.45, 2.75) is 31.9 Å². The van der Waals surface area contributed by atoms with Crippen LogP contribution in [0.3, 0.4) is 0 Å². The Morgan fingerprint density at radius 3 is 2.76 bits per heavy atom. The van der Waals surface area contributed by atoms with E-state index in [2.05, 4.69) is 38.7 Å². The Hall–Kier alpha value is -3.88. The predicted octanol–water partition coefficient (Wildman–Crippen LogP) is 5.08. The maximum Gasteiger partial charge on any atom is 0.164 e. The van der Waals surface area contributed by atoms with Gasteiger partial charge in [0, 0.05) is 31.3 Å². The number of fused-ring (bicyclic) bond motifs is 1. The van der Waals surface area contributed by atoms with E-state index in [1.807, 2.05) is 31.3 Å². The third-order valence-electron chi connectivity index (χ3n) is 7.28. The quantitative estimate of drug-likeness (QED) is 0.292. The van der Waals surface area contributed by atoms with Crippen LogP contribution in [-0.2, 0) is 13.6 Å². The van der Waals surface area contributed by atoms with Gasteiger partial charge in [-0.15, -0.1) is 10.2 Å². The number of imidazole rings is 1. The molecule has 7 nitrogen and oxygen atoms in total. The minimum atomic E-state index is -0.320. The molecule has 2 aromatic heterocycles. The zero-order chi connectivity index (χ0) is 25.4. The van der Waals surface area contributed by atoms with Gasteiger partial charge in [-0.1, -0.05) is 36.8 Å². The molecule has 2 heterocycles. The van der Waals surface area contributed by atoms with Crippen LogP contribution in [0.5, 0.6) is 0 Å². The molecule has 37 heavy (non-hydrogen) atoms. The fourth-order valence-corrected chi connectivity index (χ4v) is 5.28. The Morgan fingerprint density at radius 2 is 1.95 bits per heavy atom. The first-order chi connectivity index (χ1) is 18.0. The molecular weight excluding hydrogens is 467 g/mol. The van der Waals surface area contributed by atoms with E-state index < -0.39 is 0 Å². The molecule has 3 aromatic carbocycles. The van der Waals surface area contributed by atoms with E-state index in [1.165, 1.54) is 17.7 Å². The van der Waals surface area contributed by atoms with Crippen LogP contribution in [0.1, 0.15) is 24.8 Å². The highest BCUT2D eigenvalue weighted by Crippen LogP contribution is 2.34. The summed E-state index contributed by atoms with van der Waals surface area (Å²) in [7, 11) is 1.84. The molecule has 0 amide bonds. The number of aliphatic hydroxyl groups excluding tert-OH is 1. The van der Waals surface area contributed by atoms with Gasteiger partial charge in [0.25, 0.3) is 0 Å². The van der Waals surface area contributed by atoms with E-state index in [0.717, 1.165) is 65.9 Å². The van der Waals surface area contributed by atoms with Gasteiger partial charge in [0.2, 0.25) is 0 Å². The SMILES string of the molecule is Cn1cnnc1-c1cc(F)ccc1-c1cccc(-c2nc3ccc(CNC[C@@H]4CCC[C@@H]4O)cc3[nH]2)c1. The van der Waals surface area contributed by atoms with Crippen LogP contribution >= 0.6 is 0 Å². The summed E-state index contributed by atoms with van der Waals surface area (Å²) in [4.78, 5) is 8.28. The Morgan fingerprint density at radius 1 is 1.05 bits per heavy atom. The Kier molecular flexibility index (Phi) is 6.28. The molecule has 0 bridgehead atoms. The third-order valence-corrected chi connectivity index (χ3v) is 7.28. The highest BCUT2D eigenvalue weighted by Gasteiger charge is 2.24. The van der Waals surface area contributed by atoms with E-state index >= 15 is 0 Å². The van der Waals surface area contributed by atoms with Gasteiger partial charge in [-0.3, -0.25) is 0 Å². The molecule has 0 aliphatic heterocycles. The largest absolute Gasteiger partial charge is 0.393 e. The maximum atomic E-state index is 14.2. The minimum Gasteiger partial charge on any atom is -0.393 e. The molecule has 0 unspecified atom stereocenters. The number of hydrogen-bond donors (Lipinski definition) is 3. The number of hydrogen-bond acceptors (Lipinski definition) is 5. The summed E-state index contributed by atoms with van der Waals surface area (Å²) in [6, 6.07) is 19.0. The van der Waals surface area contributed by atoms with E-state index in [1.54, 1.807) is 17.0 Å². The molecule has 1 fully saturated rings. The van der Waals surface area contributed by atoms with Crippen molar-refractivity contribution in [1.82, 2.24) is 30.0 Å². The molecule has 1 aliphatic rings. The van der Waals surface area contributed by atoms with Crippen LogP contribution in [0, 0.1) is 11.7 Å². The summed E-state index contributed by atoms with van der Waals surface area (Å²) in [6.45, 7) is 1.58. The van der Waals surface area contributed by atoms with Gasteiger partial charge < -0.3 is 20.0 Å². The zero-order valence-electron chi connectivity index (χ0n) is 20.7. The second-order valence-corrected chi connectivity index (χ2v) is 9.86. The maximum absolute atomic E-state index is 14.2. The van der Waals surface area contributed by atoms with Crippen molar-refractivity contribution < 1.29 is 9.50 Å². The second kappa shape index (κ2) is 9.88. The molecule has 0 saturated heterocycles. The fraction of sp³-hybridized carbons (Fsp3) is 0.276. The molecule has 1 saturated carbocycles. The number of halogens is 1. The molecule has 1 aliphatic carbocycles. The highest BCUT2D eigenvalue weighted by atomic mass is 19.1. The first kappa shape index (κ1) is 23.5. The first-order valence-electron chi connectivity index (χ1n) is 12.7. The average Bonchev–Trinajstić information content (AvgIpc) is 3.64. The smallest absolute Gasteiger partial charge is 0.164 e. The first-order valence-corrected chi connectivity index (χ1v) is 12.7. The van der Waals surface area contributed by atoms with Gasteiger partial charge in [0.05, 0.1) is 17.1 Å². The van der Waals surface area contributed by atoms with Crippen molar-refractivity contribution in [2.75, 3.05) is 6.54 Å². The number of H-pyrrole nitrogens is 1. The fourth-order valence-electron chi connectivity index (χ4n) is 5.28. The van der Waals surface area contributed by atoms with Crippen molar-refractivity contribution in [1.29, 1.82) is 0 Å². The summed E-state index contributed by atoms with van der Waals surface area (Å²) < 4.78 is 15.9. The lowest BCUT2D eigenvalue weighted by molar-refractivity contribution is 0.131. The summed E-state index contributed by atoms with van der Waals surface area (Å²) in [5.41, 5.74) is 6.48. The van der Waals surface area contributed by atoms with Gasteiger partial charge in [0.1, 0.15) is 18.0 Å². The van der Waals surface area contributed by atoms with Crippen molar-refractivity contribution in [3.63, 3.8) is 0 Å². The van der Waals surface area contributed by atoms with Gasteiger partial charge in [-0.05, 0) is 65.8 Å². The number of aryl methyl sites for hydroxylation is 1. The molecule has 0 spiro atoms. The lowest BCUT2D eigenvalue weighted by Crippen LogP contribution is -2.27. The van der Waals surface area contributed by atoms with Gasteiger partial charge in [0.15, 0.2) is 5.82 Å². The molecule has 8 heteroatoms. The third kappa shape index (κ3) is 4.77. The van der Waals surface area contributed by atoms with Crippen LogP contribution in [0.15, 0.2) is 67.0 Å². The van der Waals surface area contributed by atoms with Gasteiger partial charge >= 0.3 is 0 Å². The van der Waals surface area contributed by atoms with E-state index in [4.69, 9.17) is 4.98 Å². The summed E-state index contributed by atoms with van der Waals surface area (Å²) in [6.07, 6.45) is 4.55. The number of aromatic amines is 1. The van der Waals surface area contributed by atoms with Crippen molar-refractivity contribution in [3.05, 3.63) is 78.4 Å². The molecule has 3 N–H and O–H groups in total. The normalized spacial score (nSPS) is 17.6. The molecule has 188 valence electrons. The lowest BCUT2D eigenvalue weighted by atomic mass is 9.97. The monoisotopic (exact) mass is 496 g/mol. The predicted molar refractivity (Wildman–Crippen MR) is 142 cm³/mol. The summed E-state index contributed by atoms with van der Waals surface area (Å²) in [5.74, 6) is 1.41. The van der Waals surface area contributed by atoms with E-state index in [9.17, 15) is 9.50 Å². The molecule has 6 rings (SSSR count). The van der Waals surface area contributed by atoms with Crippen LogP contribution in [0.25, 0.3) is 44.9 Å². The second-order valence-electron chi connectivity index (χ2n) is 9.86. The lowest BCUT2D eigenvalue weighted by Gasteiger charge is -2.15. The van der Waals surface area contributed by atoms with Crippen molar-refractivity contribution >= 4 is 11.0 Å². The number of rotatable bonds is 7. The molecular formula is C29H29FN6O. The van der Waals surface area contributed by atoms with Crippen molar-refractivity contribution in [3.8, 4) is 33.9 Å². The van der Waals surface area contributed by atoms with Crippen LogP contribution in [0.4, 0.5) is 4.39 Å². The molecule has 0 radical (unpaired) electrons. The number of nitrogens with one attached hydrogen (secondary N) is 2. The zero-order valence-corrected chi connectivity index (χ0v) is 20.7. The number of benzene rings is 3. The standard InChI is InChI=1S/C29H29FN6O/c1-36-17-32-35-29(36)24-14-22(30)9-10-23(24)19-4-2-5-20(13-19)28-33-25-11-8-18(12-26(25)34-28)15-31-16-21-6-3-7-27(21)37/h2,4-5,8-14,17,21,27,31,37H,3,6-7,15-16H2,1H3,(H,33,34)/t21-,27-/m0/s1. The van der Waals surface area contributed by atoms with Crippen LogP contribution in [-0.4, -0.2) is 42.5 Å². The summed E-state index contributed by atoms with van der Waals surface area (Å²) in [5, 5.41) is 21.7. The Balaban J connectivity index is 1.26. The number of aromatic nitrogens is 5. The van der Waals surface area contributed by atoms with Gasteiger partial charge in [-0.25, -0.2) is 9.37 Å². The van der Waals surface area contributed by atoms with Crippen LogP contribution in [0.2, 0.25) is 0 Å². The highest BCUT2D eigenvalue weighted by molar-refractivity contribution is 5.84. The molecule has 5 aromatic rings. The summed E-state index contributed by atoms with van der Waals surface area (Å²) >= 11 is 0. The minimum absolute atomic E-state index is 0.174. The van der Waals surface area contributed by atoms with Crippen LogP contribution < -0.4 is 5.32 Å². The Bertz CT molecular complexity index is 1560. The van der Waals surface area contributed by atoms with E-state index in [0.29, 0.717) is 17.3 Å².